The molecular formula is C13H30O2SiSn. The Labute approximate surface area is 113 Å². The normalized spacial score (nSPS) is 29.5. The number of hydrogen-bond donors (Lipinski definition) is 0. The summed E-state index contributed by atoms with van der Waals surface area (Å²) in [6.07, 6.45) is 1.15. The molecule has 0 saturated heterocycles. The van der Waals surface area contributed by atoms with Gasteiger partial charge in [-0.1, -0.05) is 0 Å². The summed E-state index contributed by atoms with van der Waals surface area (Å²) in [6, 6.07) is 0. The summed E-state index contributed by atoms with van der Waals surface area (Å²) in [7, 11) is 0.711. The Bertz CT molecular complexity index is 252. The van der Waals surface area contributed by atoms with Gasteiger partial charge in [0.05, 0.1) is 0 Å². The molecular weight excluding hydrogens is 335 g/mol. The SMILES string of the molecule is C[CH2][Sn]([CH2]C)([CH2]C)[O]C1(OC)CC1[Si](C)(C)C. The minimum atomic E-state index is -2.33. The molecule has 4 heteroatoms. The van der Waals surface area contributed by atoms with Gasteiger partial charge in [-0.15, -0.1) is 0 Å². The Balaban J connectivity index is 2.79. The van der Waals surface area contributed by atoms with Gasteiger partial charge in [0.15, 0.2) is 0 Å². The van der Waals surface area contributed by atoms with Crippen molar-refractivity contribution in [3.63, 3.8) is 0 Å². The molecule has 17 heavy (non-hydrogen) atoms. The van der Waals surface area contributed by atoms with Crippen molar-refractivity contribution < 1.29 is 7.81 Å². The summed E-state index contributed by atoms with van der Waals surface area (Å²) in [5, 5.41) is 0. The fourth-order valence-electron chi connectivity index (χ4n) is 2.90. The van der Waals surface area contributed by atoms with Crippen LogP contribution in [0.5, 0.6) is 0 Å². The van der Waals surface area contributed by atoms with E-state index in [2.05, 4.69) is 40.4 Å². The Morgan fingerprint density at radius 2 is 1.59 bits per heavy atom. The van der Waals surface area contributed by atoms with E-state index in [1.54, 1.807) is 0 Å². The second-order valence-electron chi connectivity index (χ2n) is 6.48. The second kappa shape index (κ2) is 5.51. The molecule has 102 valence electrons. The van der Waals surface area contributed by atoms with Crippen molar-refractivity contribution in [1.29, 1.82) is 0 Å². The van der Waals surface area contributed by atoms with E-state index >= 15 is 0 Å². The zero-order valence-electron chi connectivity index (χ0n) is 12.7. The number of hydrogen-bond acceptors (Lipinski definition) is 2. The number of rotatable bonds is 7. The molecule has 2 atom stereocenters. The first-order valence-corrected chi connectivity index (χ1v) is 17.8. The van der Waals surface area contributed by atoms with Crippen LogP contribution in [-0.2, 0) is 7.81 Å². The van der Waals surface area contributed by atoms with E-state index in [4.69, 9.17) is 7.81 Å². The molecule has 1 saturated carbocycles. The summed E-state index contributed by atoms with van der Waals surface area (Å²) < 4.78 is 16.4. The van der Waals surface area contributed by atoms with Crippen molar-refractivity contribution >= 4 is 26.9 Å². The van der Waals surface area contributed by atoms with Gasteiger partial charge in [-0.3, -0.25) is 0 Å². The van der Waals surface area contributed by atoms with E-state index in [0.29, 0.717) is 5.54 Å². The quantitative estimate of drug-likeness (QED) is 0.490. The van der Waals surface area contributed by atoms with Crippen LogP contribution in [0.25, 0.3) is 0 Å². The van der Waals surface area contributed by atoms with Gasteiger partial charge in [0.25, 0.3) is 0 Å². The van der Waals surface area contributed by atoms with Crippen LogP contribution in [-0.4, -0.2) is 39.8 Å². The van der Waals surface area contributed by atoms with Crippen LogP contribution in [0.3, 0.4) is 0 Å². The molecule has 2 nitrogen and oxygen atoms in total. The van der Waals surface area contributed by atoms with E-state index in [0.717, 1.165) is 6.42 Å². The zero-order valence-corrected chi connectivity index (χ0v) is 16.6. The van der Waals surface area contributed by atoms with Crippen molar-refractivity contribution in [3.05, 3.63) is 0 Å². The Morgan fingerprint density at radius 1 is 1.12 bits per heavy atom. The van der Waals surface area contributed by atoms with E-state index < -0.39 is 26.9 Å². The molecule has 0 spiro atoms. The average Bonchev–Trinajstić information content (AvgIpc) is 3.01. The molecule has 0 aromatic rings. The third kappa shape index (κ3) is 3.28. The van der Waals surface area contributed by atoms with Crippen molar-refractivity contribution in [3.8, 4) is 0 Å². The van der Waals surface area contributed by atoms with E-state index in [-0.39, 0.29) is 5.79 Å². The van der Waals surface area contributed by atoms with Crippen LogP contribution in [0.2, 0.25) is 38.5 Å². The van der Waals surface area contributed by atoms with Gasteiger partial charge < -0.3 is 0 Å². The van der Waals surface area contributed by atoms with Crippen molar-refractivity contribution in [2.75, 3.05) is 7.11 Å². The van der Waals surface area contributed by atoms with Crippen molar-refractivity contribution in [2.24, 2.45) is 0 Å². The summed E-state index contributed by atoms with van der Waals surface area (Å²) in [6.45, 7) is 14.3. The fourth-order valence-corrected chi connectivity index (χ4v) is 14.1. The molecule has 0 bridgehead atoms. The summed E-state index contributed by atoms with van der Waals surface area (Å²) in [5.41, 5.74) is 0.709. The summed E-state index contributed by atoms with van der Waals surface area (Å²) >= 11 is -2.33. The Morgan fingerprint density at radius 3 is 1.82 bits per heavy atom. The van der Waals surface area contributed by atoms with Crippen LogP contribution in [0.15, 0.2) is 0 Å². The predicted molar refractivity (Wildman–Crippen MR) is 79.7 cm³/mol. The van der Waals surface area contributed by atoms with Crippen LogP contribution in [0.1, 0.15) is 27.2 Å². The third-order valence-electron chi connectivity index (χ3n) is 4.57. The molecule has 0 aromatic heterocycles. The van der Waals surface area contributed by atoms with Gasteiger partial charge in [0.2, 0.25) is 0 Å². The van der Waals surface area contributed by atoms with Gasteiger partial charge in [-0.25, -0.2) is 0 Å². The first kappa shape index (κ1) is 16.0. The van der Waals surface area contributed by atoms with Crippen molar-refractivity contribution in [2.45, 2.75) is 71.5 Å². The van der Waals surface area contributed by atoms with Crippen LogP contribution in [0.4, 0.5) is 0 Å². The first-order chi connectivity index (χ1) is 7.79. The molecule has 1 aliphatic rings. The predicted octanol–water partition coefficient (Wildman–Crippen LogP) is 4.46. The topological polar surface area (TPSA) is 18.5 Å². The van der Waals surface area contributed by atoms with Gasteiger partial charge in [0, 0.05) is 0 Å². The van der Waals surface area contributed by atoms with E-state index in [1.807, 2.05) is 7.11 Å². The molecule has 0 radical (unpaired) electrons. The second-order valence-corrected chi connectivity index (χ2v) is 25.3. The molecule has 0 N–H and O–H groups in total. The molecule has 2 unspecified atom stereocenters. The van der Waals surface area contributed by atoms with Gasteiger partial charge in [0.1, 0.15) is 0 Å². The van der Waals surface area contributed by atoms with Crippen LogP contribution in [0, 0.1) is 0 Å². The van der Waals surface area contributed by atoms with E-state index in [1.165, 1.54) is 13.3 Å². The molecule has 1 aliphatic carbocycles. The summed E-state index contributed by atoms with van der Waals surface area (Å²) in [5.74, 6) is -0.164. The fraction of sp³-hybridized carbons (Fsp3) is 1.00. The average molecular weight is 365 g/mol. The van der Waals surface area contributed by atoms with Crippen LogP contribution < -0.4 is 0 Å². The summed E-state index contributed by atoms with van der Waals surface area (Å²) in [4.78, 5) is 0. The van der Waals surface area contributed by atoms with E-state index in [9.17, 15) is 0 Å². The molecule has 1 rings (SSSR count). The van der Waals surface area contributed by atoms with Gasteiger partial charge in [-0.2, -0.15) is 0 Å². The maximum absolute atomic E-state index is 6.69. The van der Waals surface area contributed by atoms with Gasteiger partial charge >= 0.3 is 113 Å². The van der Waals surface area contributed by atoms with Gasteiger partial charge in [-0.05, 0) is 0 Å². The minimum absolute atomic E-state index is 0.164. The Hall–Kier alpha value is 0.936. The molecule has 0 amide bonds. The van der Waals surface area contributed by atoms with Crippen molar-refractivity contribution in [1.82, 2.24) is 0 Å². The molecule has 1 fully saturated rings. The molecule has 0 aromatic carbocycles. The van der Waals surface area contributed by atoms with Crippen LogP contribution >= 0.6 is 0 Å². The first-order valence-electron chi connectivity index (χ1n) is 7.04. The molecule has 0 aliphatic heterocycles. The Kier molecular flexibility index (Phi) is 5.18. The number of methoxy groups -OCH3 is 1. The molecule has 0 heterocycles. The zero-order chi connectivity index (χ0) is 13.3. The monoisotopic (exact) mass is 366 g/mol. The maximum atomic E-state index is 6.69. The standard InChI is InChI=1S/C7H15O2Si.3C2H5.Sn/c1-9-7(8)5-6(7)10(2,3)4;3*1-2;/h6H,5H2,1-4H3;3*1H2,2H3;/q-1;;;;+1. The third-order valence-corrected chi connectivity index (χ3v) is 20.6. The number of ether oxygens (including phenoxy) is 1.